The van der Waals surface area contributed by atoms with Crippen LogP contribution in [0.2, 0.25) is 0 Å². The van der Waals surface area contributed by atoms with E-state index in [4.69, 9.17) is 4.74 Å². The van der Waals surface area contributed by atoms with E-state index in [0.717, 1.165) is 24.1 Å². The van der Waals surface area contributed by atoms with Crippen LogP contribution in [0.4, 0.5) is 4.39 Å². The van der Waals surface area contributed by atoms with E-state index in [1.54, 1.807) is 0 Å². The summed E-state index contributed by atoms with van der Waals surface area (Å²) in [6.07, 6.45) is 0.689. The summed E-state index contributed by atoms with van der Waals surface area (Å²) in [6.45, 7) is 4.24. The zero-order valence-electron chi connectivity index (χ0n) is 17.5. The fraction of sp³-hybridized carbons (Fsp3) is 0.333. The van der Waals surface area contributed by atoms with Gasteiger partial charge in [-0.1, -0.05) is 28.1 Å². The molecular formula is C24H24BrFN2O4. The molecule has 0 bridgehead atoms. The van der Waals surface area contributed by atoms with Gasteiger partial charge in [0.1, 0.15) is 11.6 Å². The van der Waals surface area contributed by atoms with Crippen LogP contribution in [-0.4, -0.2) is 66.0 Å². The molecule has 2 heterocycles. The number of likely N-dealkylation sites (tertiary alicyclic amines) is 1. The Bertz CT molecular complexity index is 1030. The van der Waals surface area contributed by atoms with Gasteiger partial charge in [0, 0.05) is 36.2 Å². The third-order valence-electron chi connectivity index (χ3n) is 5.80. The normalized spacial score (nSPS) is 21.3. The number of halogens is 2. The molecule has 2 aromatic carbocycles. The van der Waals surface area contributed by atoms with Crippen LogP contribution >= 0.6 is 15.9 Å². The number of ether oxygens (including phenoxy) is 1. The zero-order chi connectivity index (χ0) is 22.7. The smallest absolute Gasteiger partial charge is 0.295 e. The first-order chi connectivity index (χ1) is 15.5. The maximum Gasteiger partial charge on any atom is 0.295 e. The van der Waals surface area contributed by atoms with Crippen molar-refractivity contribution in [2.24, 2.45) is 0 Å². The van der Waals surface area contributed by atoms with E-state index in [-0.39, 0.29) is 16.9 Å². The van der Waals surface area contributed by atoms with Crippen LogP contribution in [0.3, 0.4) is 0 Å². The molecule has 2 fully saturated rings. The number of aliphatic hydroxyl groups excluding tert-OH is 1. The Hall–Kier alpha value is -2.55. The van der Waals surface area contributed by atoms with Crippen molar-refractivity contribution < 1.29 is 23.8 Å². The van der Waals surface area contributed by atoms with Crippen LogP contribution in [0.15, 0.2) is 58.6 Å². The standard InChI is InChI=1S/C24H24BrFN2O4/c25-18-4-1-3-17(15-18)21-20(22(29)16-5-7-19(26)8-6-16)23(30)24(31)28(21)10-2-9-27-11-13-32-14-12-27/h1,3-8,15,21,29H,2,9-14H2/b22-20+/t21-/m0/s1. The van der Waals surface area contributed by atoms with Gasteiger partial charge in [-0.05, 0) is 48.4 Å². The maximum atomic E-state index is 13.4. The summed E-state index contributed by atoms with van der Waals surface area (Å²) in [7, 11) is 0. The van der Waals surface area contributed by atoms with Crippen molar-refractivity contribution in [2.45, 2.75) is 12.5 Å². The minimum Gasteiger partial charge on any atom is -0.507 e. The Labute approximate surface area is 194 Å². The summed E-state index contributed by atoms with van der Waals surface area (Å²) >= 11 is 3.45. The average molecular weight is 503 g/mol. The molecule has 32 heavy (non-hydrogen) atoms. The summed E-state index contributed by atoms with van der Waals surface area (Å²) in [5, 5.41) is 11.0. The SMILES string of the molecule is O=C1C(=O)N(CCCN2CCOCC2)[C@@H](c2cccc(Br)c2)/C1=C(\O)c1ccc(F)cc1. The van der Waals surface area contributed by atoms with E-state index < -0.39 is 23.5 Å². The van der Waals surface area contributed by atoms with Gasteiger partial charge in [-0.2, -0.15) is 0 Å². The number of hydrogen-bond donors (Lipinski definition) is 1. The first-order valence-corrected chi connectivity index (χ1v) is 11.3. The van der Waals surface area contributed by atoms with Gasteiger partial charge in [0.15, 0.2) is 0 Å². The molecule has 168 valence electrons. The second-order valence-corrected chi connectivity index (χ2v) is 8.78. The van der Waals surface area contributed by atoms with Crippen molar-refractivity contribution in [1.82, 2.24) is 9.80 Å². The minimum atomic E-state index is -0.733. The molecule has 1 N–H and O–H groups in total. The molecule has 4 rings (SSSR count). The highest BCUT2D eigenvalue weighted by molar-refractivity contribution is 9.10. The first kappa shape index (κ1) is 22.6. The second kappa shape index (κ2) is 9.94. The van der Waals surface area contributed by atoms with E-state index in [2.05, 4.69) is 20.8 Å². The van der Waals surface area contributed by atoms with E-state index in [1.165, 1.54) is 29.2 Å². The largest absolute Gasteiger partial charge is 0.507 e. The number of morpholine rings is 1. The molecule has 6 nitrogen and oxygen atoms in total. The number of amides is 1. The van der Waals surface area contributed by atoms with Gasteiger partial charge in [0.25, 0.3) is 11.7 Å². The van der Waals surface area contributed by atoms with Gasteiger partial charge in [0.05, 0.1) is 24.8 Å². The summed E-state index contributed by atoms with van der Waals surface area (Å²) in [5.74, 6) is -2.12. The third-order valence-corrected chi connectivity index (χ3v) is 6.29. The molecular weight excluding hydrogens is 479 g/mol. The Morgan fingerprint density at radius 1 is 1.09 bits per heavy atom. The van der Waals surface area contributed by atoms with Gasteiger partial charge in [-0.3, -0.25) is 14.5 Å². The van der Waals surface area contributed by atoms with E-state index in [1.807, 2.05) is 24.3 Å². The van der Waals surface area contributed by atoms with E-state index in [0.29, 0.717) is 31.7 Å². The molecule has 0 unspecified atom stereocenters. The van der Waals surface area contributed by atoms with Crippen molar-refractivity contribution in [1.29, 1.82) is 0 Å². The highest BCUT2D eigenvalue weighted by atomic mass is 79.9. The molecule has 8 heteroatoms. The molecule has 0 aliphatic carbocycles. The molecule has 2 aliphatic rings. The molecule has 0 radical (unpaired) electrons. The predicted molar refractivity (Wildman–Crippen MR) is 121 cm³/mol. The summed E-state index contributed by atoms with van der Waals surface area (Å²) in [5.41, 5.74) is 1.03. The van der Waals surface area contributed by atoms with E-state index >= 15 is 0 Å². The van der Waals surface area contributed by atoms with Gasteiger partial charge in [-0.15, -0.1) is 0 Å². The minimum absolute atomic E-state index is 0.0195. The Kier molecular flexibility index (Phi) is 7.03. The van der Waals surface area contributed by atoms with Gasteiger partial charge >= 0.3 is 0 Å². The van der Waals surface area contributed by atoms with Crippen molar-refractivity contribution in [3.05, 3.63) is 75.5 Å². The van der Waals surface area contributed by atoms with Gasteiger partial charge < -0.3 is 14.7 Å². The van der Waals surface area contributed by atoms with Crippen LogP contribution in [0.25, 0.3) is 5.76 Å². The van der Waals surface area contributed by atoms with Crippen molar-refractivity contribution >= 4 is 33.4 Å². The van der Waals surface area contributed by atoms with Gasteiger partial charge in [0.2, 0.25) is 0 Å². The molecule has 2 aromatic rings. The van der Waals surface area contributed by atoms with Crippen LogP contribution < -0.4 is 0 Å². The summed E-state index contributed by atoms with van der Waals surface area (Å²) in [4.78, 5) is 29.8. The molecule has 1 atom stereocenters. The number of rotatable bonds is 6. The highest BCUT2D eigenvalue weighted by Crippen LogP contribution is 2.40. The van der Waals surface area contributed by atoms with Crippen molar-refractivity contribution in [3.8, 4) is 0 Å². The quantitative estimate of drug-likeness (QED) is 0.370. The lowest BCUT2D eigenvalue weighted by Gasteiger charge is -2.29. The van der Waals surface area contributed by atoms with E-state index in [9.17, 15) is 19.1 Å². The number of hydrogen-bond acceptors (Lipinski definition) is 5. The zero-order valence-corrected chi connectivity index (χ0v) is 19.1. The van der Waals surface area contributed by atoms with Gasteiger partial charge in [-0.25, -0.2) is 4.39 Å². The number of aliphatic hydroxyl groups is 1. The highest BCUT2D eigenvalue weighted by Gasteiger charge is 2.45. The van der Waals surface area contributed by atoms with Crippen molar-refractivity contribution in [2.75, 3.05) is 39.4 Å². The fourth-order valence-electron chi connectivity index (χ4n) is 4.19. The third kappa shape index (κ3) is 4.77. The number of ketones is 1. The fourth-order valence-corrected chi connectivity index (χ4v) is 4.60. The van der Waals surface area contributed by atoms with Crippen LogP contribution in [-0.2, 0) is 14.3 Å². The number of carbonyl (C=O) groups excluding carboxylic acids is 2. The molecule has 0 saturated carbocycles. The predicted octanol–water partition coefficient (Wildman–Crippen LogP) is 3.73. The number of Topliss-reactive ketones (excluding diaryl/α,β-unsaturated/α-hetero) is 1. The number of carbonyl (C=O) groups is 2. The Morgan fingerprint density at radius 3 is 2.50 bits per heavy atom. The first-order valence-electron chi connectivity index (χ1n) is 10.6. The molecule has 1 amide bonds. The number of benzene rings is 2. The van der Waals surface area contributed by atoms with Crippen LogP contribution in [0.1, 0.15) is 23.6 Å². The Morgan fingerprint density at radius 2 is 1.81 bits per heavy atom. The van der Waals surface area contributed by atoms with Crippen molar-refractivity contribution in [3.63, 3.8) is 0 Å². The maximum absolute atomic E-state index is 13.4. The monoisotopic (exact) mass is 502 g/mol. The lowest BCUT2D eigenvalue weighted by atomic mass is 9.95. The summed E-state index contributed by atoms with van der Waals surface area (Å²) in [6, 6.07) is 11.8. The molecule has 0 aromatic heterocycles. The van der Waals surface area contributed by atoms with Crippen LogP contribution in [0.5, 0.6) is 0 Å². The second-order valence-electron chi connectivity index (χ2n) is 7.86. The lowest BCUT2D eigenvalue weighted by molar-refractivity contribution is -0.140. The number of nitrogens with zero attached hydrogens (tertiary/aromatic N) is 2. The average Bonchev–Trinajstić information content (AvgIpc) is 3.05. The lowest BCUT2D eigenvalue weighted by Crippen LogP contribution is -2.38. The summed E-state index contributed by atoms with van der Waals surface area (Å²) < 4.78 is 19.5. The Balaban J connectivity index is 1.67. The topological polar surface area (TPSA) is 70.1 Å². The molecule has 0 spiro atoms. The van der Waals surface area contributed by atoms with Crippen LogP contribution in [0, 0.1) is 5.82 Å². The molecule has 2 saturated heterocycles. The molecule has 2 aliphatic heterocycles.